The number of aromatic amines is 1. The molecular weight excluding hydrogens is 458 g/mol. The molecular formula is C25H29N9O2. The van der Waals surface area contributed by atoms with Crippen LogP contribution < -0.4 is 9.80 Å². The maximum absolute atomic E-state index is 12.8. The van der Waals surface area contributed by atoms with E-state index in [9.17, 15) is 4.79 Å². The zero-order chi connectivity index (χ0) is 24.6. The molecule has 4 aromatic heterocycles. The largest absolute Gasteiger partial charge is 0.377 e. The van der Waals surface area contributed by atoms with Gasteiger partial charge in [0.05, 0.1) is 25.5 Å². The molecule has 2 aliphatic rings. The van der Waals surface area contributed by atoms with Crippen molar-refractivity contribution in [3.63, 3.8) is 0 Å². The van der Waals surface area contributed by atoms with Crippen LogP contribution in [0.15, 0.2) is 42.9 Å². The normalized spacial score (nSPS) is 18.2. The Morgan fingerprint density at radius 3 is 2.72 bits per heavy atom. The van der Waals surface area contributed by atoms with Crippen LogP contribution in [0, 0.1) is 0 Å². The highest BCUT2D eigenvalue weighted by Gasteiger charge is 2.25. The number of amides is 2. The molecule has 6 heterocycles. The Kier molecular flexibility index (Phi) is 5.76. The van der Waals surface area contributed by atoms with Crippen molar-refractivity contribution in [1.29, 1.82) is 0 Å². The standard InChI is InChI=1S/C25H29N9O2/c1-17-16-36-12-11-33(17)23-13-19(20-15-28-34(24(20)29-23)22-7-8-27-30-22)18-5-6-21(26-14-18)31(2)25(35)32-9-3-4-10-32/h5-8,13-15,17H,3-4,9-12,16H2,1-2H3,(H,27,30)/t17-/m1/s1. The van der Waals surface area contributed by atoms with E-state index in [1.165, 1.54) is 0 Å². The molecule has 186 valence electrons. The molecule has 0 bridgehead atoms. The highest BCUT2D eigenvalue weighted by molar-refractivity contribution is 5.95. The Hall–Kier alpha value is -3.99. The molecule has 2 fully saturated rings. The molecule has 0 spiro atoms. The Labute approximate surface area is 208 Å². The summed E-state index contributed by atoms with van der Waals surface area (Å²) in [4.78, 5) is 28.2. The Morgan fingerprint density at radius 2 is 2.00 bits per heavy atom. The summed E-state index contributed by atoms with van der Waals surface area (Å²) in [6, 6.07) is 8.04. The number of H-pyrrole nitrogens is 1. The first-order valence-electron chi connectivity index (χ1n) is 12.3. The molecule has 2 amide bonds. The van der Waals surface area contributed by atoms with Crippen molar-refractivity contribution in [2.75, 3.05) is 49.7 Å². The van der Waals surface area contributed by atoms with Gasteiger partial charge in [0.2, 0.25) is 0 Å². The molecule has 0 radical (unpaired) electrons. The number of anilines is 2. The summed E-state index contributed by atoms with van der Waals surface area (Å²) in [5, 5.41) is 12.6. The van der Waals surface area contributed by atoms with Crippen LogP contribution in [0.4, 0.5) is 16.4 Å². The van der Waals surface area contributed by atoms with E-state index < -0.39 is 0 Å². The molecule has 1 atom stereocenters. The van der Waals surface area contributed by atoms with Crippen LogP contribution in [0.2, 0.25) is 0 Å². The van der Waals surface area contributed by atoms with Gasteiger partial charge in [0.25, 0.3) is 0 Å². The second-order valence-electron chi connectivity index (χ2n) is 9.31. The third-order valence-electron chi connectivity index (χ3n) is 6.96. The summed E-state index contributed by atoms with van der Waals surface area (Å²) < 4.78 is 7.39. The first-order valence-corrected chi connectivity index (χ1v) is 12.3. The Bertz CT molecular complexity index is 1360. The summed E-state index contributed by atoms with van der Waals surface area (Å²) in [6.45, 7) is 5.82. The lowest BCUT2D eigenvalue weighted by Crippen LogP contribution is -2.44. The van der Waals surface area contributed by atoms with Crippen molar-refractivity contribution < 1.29 is 9.53 Å². The number of aromatic nitrogens is 6. The van der Waals surface area contributed by atoms with E-state index in [1.807, 2.05) is 35.5 Å². The number of likely N-dealkylation sites (tertiary alicyclic amines) is 1. The molecule has 4 aromatic rings. The maximum Gasteiger partial charge on any atom is 0.325 e. The summed E-state index contributed by atoms with van der Waals surface area (Å²) >= 11 is 0. The topological polar surface area (TPSA) is 108 Å². The fourth-order valence-corrected chi connectivity index (χ4v) is 4.94. The van der Waals surface area contributed by atoms with Crippen LogP contribution in [-0.2, 0) is 4.74 Å². The number of morpholine rings is 1. The van der Waals surface area contributed by atoms with Crippen LogP contribution in [0.1, 0.15) is 19.8 Å². The summed E-state index contributed by atoms with van der Waals surface area (Å²) in [5.41, 5.74) is 2.62. The lowest BCUT2D eigenvalue weighted by molar-refractivity contribution is 0.0985. The van der Waals surface area contributed by atoms with Crippen LogP contribution in [0.25, 0.3) is 28.0 Å². The minimum atomic E-state index is -0.0112. The van der Waals surface area contributed by atoms with Gasteiger partial charge in [0.15, 0.2) is 11.5 Å². The average Bonchev–Trinajstić information content (AvgIpc) is 3.69. The molecule has 6 rings (SSSR count). The highest BCUT2D eigenvalue weighted by atomic mass is 16.5. The van der Waals surface area contributed by atoms with Crippen molar-refractivity contribution in [3.8, 4) is 16.9 Å². The average molecular weight is 488 g/mol. The fourth-order valence-electron chi connectivity index (χ4n) is 4.94. The lowest BCUT2D eigenvalue weighted by atomic mass is 10.0. The van der Waals surface area contributed by atoms with E-state index in [4.69, 9.17) is 9.72 Å². The number of hydrogen-bond donors (Lipinski definition) is 1. The van der Waals surface area contributed by atoms with E-state index in [2.05, 4.69) is 38.2 Å². The number of rotatable bonds is 4. The maximum atomic E-state index is 12.8. The quantitative estimate of drug-likeness (QED) is 0.471. The number of urea groups is 1. The number of pyridine rings is 2. The summed E-state index contributed by atoms with van der Waals surface area (Å²) in [6.07, 6.45) is 7.51. The van der Waals surface area contributed by atoms with Gasteiger partial charge in [-0.1, -0.05) is 0 Å². The first kappa shape index (κ1) is 22.5. The van der Waals surface area contributed by atoms with Crippen molar-refractivity contribution >= 4 is 28.7 Å². The van der Waals surface area contributed by atoms with E-state index in [1.54, 1.807) is 22.8 Å². The van der Waals surface area contributed by atoms with Gasteiger partial charge in [-0.25, -0.2) is 14.8 Å². The minimum absolute atomic E-state index is 0.0112. The van der Waals surface area contributed by atoms with Gasteiger partial charge < -0.3 is 14.5 Å². The molecule has 1 N–H and O–H groups in total. The van der Waals surface area contributed by atoms with Crippen LogP contribution in [0.5, 0.6) is 0 Å². The van der Waals surface area contributed by atoms with Crippen LogP contribution in [0.3, 0.4) is 0 Å². The molecule has 36 heavy (non-hydrogen) atoms. The van der Waals surface area contributed by atoms with Gasteiger partial charge in [0, 0.05) is 56.1 Å². The molecule has 0 unspecified atom stereocenters. The van der Waals surface area contributed by atoms with Gasteiger partial charge in [-0.15, -0.1) is 0 Å². The third kappa shape index (κ3) is 3.95. The van der Waals surface area contributed by atoms with Crippen molar-refractivity contribution in [2.45, 2.75) is 25.8 Å². The van der Waals surface area contributed by atoms with E-state index in [0.717, 1.165) is 60.5 Å². The van der Waals surface area contributed by atoms with E-state index in [0.29, 0.717) is 24.8 Å². The van der Waals surface area contributed by atoms with Gasteiger partial charge in [-0.3, -0.25) is 10.00 Å². The SMILES string of the molecule is C[C@@H]1COCCN1c1cc(-c2ccc(N(C)C(=O)N3CCCC3)nc2)c2cnn(-c3cc[nH]n3)c2n1. The second kappa shape index (κ2) is 9.23. The van der Waals surface area contributed by atoms with Crippen molar-refractivity contribution in [3.05, 3.63) is 42.9 Å². The number of carbonyl (C=O) groups is 1. The lowest BCUT2D eigenvalue weighted by Gasteiger charge is -2.34. The zero-order valence-corrected chi connectivity index (χ0v) is 20.5. The number of fused-ring (bicyclic) bond motifs is 1. The van der Waals surface area contributed by atoms with Gasteiger partial charge in [-0.05, 0) is 43.5 Å². The number of hydrogen-bond acceptors (Lipinski definition) is 7. The molecule has 2 aliphatic heterocycles. The molecule has 0 saturated carbocycles. The van der Waals surface area contributed by atoms with E-state index >= 15 is 0 Å². The Balaban J connectivity index is 1.40. The van der Waals surface area contributed by atoms with Gasteiger partial charge in [0.1, 0.15) is 11.6 Å². The number of nitrogens with zero attached hydrogens (tertiary/aromatic N) is 8. The predicted octanol–water partition coefficient (Wildman–Crippen LogP) is 3.08. The second-order valence-corrected chi connectivity index (χ2v) is 9.31. The fraction of sp³-hybridized carbons (Fsp3) is 0.400. The van der Waals surface area contributed by atoms with Crippen molar-refractivity contribution in [1.82, 2.24) is 34.8 Å². The van der Waals surface area contributed by atoms with Gasteiger partial charge in [-0.2, -0.15) is 14.9 Å². The smallest absolute Gasteiger partial charge is 0.325 e. The summed E-state index contributed by atoms with van der Waals surface area (Å²) in [5.74, 6) is 2.15. The van der Waals surface area contributed by atoms with Gasteiger partial charge >= 0.3 is 6.03 Å². The number of carbonyl (C=O) groups excluding carboxylic acids is 1. The van der Waals surface area contributed by atoms with E-state index in [-0.39, 0.29) is 12.1 Å². The Morgan fingerprint density at radius 1 is 1.14 bits per heavy atom. The third-order valence-corrected chi connectivity index (χ3v) is 6.96. The first-order chi connectivity index (χ1) is 17.6. The molecule has 11 heteroatoms. The number of nitrogens with one attached hydrogen (secondary N) is 1. The van der Waals surface area contributed by atoms with Crippen LogP contribution in [-0.4, -0.2) is 86.8 Å². The molecule has 0 aromatic carbocycles. The minimum Gasteiger partial charge on any atom is -0.377 e. The molecule has 11 nitrogen and oxygen atoms in total. The molecule has 0 aliphatic carbocycles. The van der Waals surface area contributed by atoms with Crippen molar-refractivity contribution in [2.24, 2.45) is 0 Å². The number of ether oxygens (including phenoxy) is 1. The highest BCUT2D eigenvalue weighted by Crippen LogP contribution is 2.33. The zero-order valence-electron chi connectivity index (χ0n) is 20.5. The summed E-state index contributed by atoms with van der Waals surface area (Å²) in [7, 11) is 1.78. The predicted molar refractivity (Wildman–Crippen MR) is 136 cm³/mol. The molecule has 2 saturated heterocycles. The monoisotopic (exact) mass is 487 g/mol. The van der Waals surface area contributed by atoms with Crippen LogP contribution >= 0.6 is 0 Å².